The normalized spacial score (nSPS) is 13.2. The molecular weight excluding hydrogens is 214 g/mol. The standard InChI is InChI=1S/C14H21NO2/c1-10-8-6-7-9-12(10)15-17-11(2)13(16)14(3,4)5/h6-9,11,15H,1-5H3. The SMILES string of the molecule is Cc1ccccc1NOC(C)C(=O)C(C)(C)C. The average molecular weight is 235 g/mol. The first-order valence-corrected chi connectivity index (χ1v) is 5.84. The van der Waals surface area contributed by atoms with Crippen molar-refractivity contribution in [1.82, 2.24) is 0 Å². The molecule has 0 fully saturated rings. The van der Waals surface area contributed by atoms with Crippen molar-refractivity contribution in [2.45, 2.75) is 40.7 Å². The summed E-state index contributed by atoms with van der Waals surface area (Å²) in [6.07, 6.45) is -0.463. The molecule has 0 radical (unpaired) electrons. The maximum Gasteiger partial charge on any atom is 0.169 e. The number of carbonyl (C=O) groups is 1. The summed E-state index contributed by atoms with van der Waals surface area (Å²) in [5.41, 5.74) is 4.44. The second-order valence-electron chi connectivity index (χ2n) is 5.29. The van der Waals surface area contributed by atoms with Crippen LogP contribution in [0.15, 0.2) is 24.3 Å². The van der Waals surface area contributed by atoms with Crippen molar-refractivity contribution in [2.75, 3.05) is 5.48 Å². The zero-order chi connectivity index (χ0) is 13.1. The number of rotatable bonds is 4. The molecule has 0 spiro atoms. The summed E-state index contributed by atoms with van der Waals surface area (Å²) in [6, 6.07) is 7.80. The number of nitrogens with one attached hydrogen (secondary N) is 1. The fourth-order valence-electron chi connectivity index (χ4n) is 1.50. The molecule has 0 aliphatic rings. The second-order valence-corrected chi connectivity index (χ2v) is 5.29. The number of Topliss-reactive ketones (excluding diaryl/α,β-unsaturated/α-hetero) is 1. The number of hydrogen-bond donors (Lipinski definition) is 1. The number of ketones is 1. The van der Waals surface area contributed by atoms with Gasteiger partial charge in [-0.2, -0.15) is 0 Å². The monoisotopic (exact) mass is 235 g/mol. The molecule has 0 bridgehead atoms. The summed E-state index contributed by atoms with van der Waals surface area (Å²) >= 11 is 0. The van der Waals surface area contributed by atoms with Crippen molar-refractivity contribution < 1.29 is 9.63 Å². The van der Waals surface area contributed by atoms with Crippen molar-refractivity contribution in [1.29, 1.82) is 0 Å². The van der Waals surface area contributed by atoms with E-state index in [9.17, 15) is 4.79 Å². The highest BCUT2D eigenvalue weighted by molar-refractivity contribution is 5.87. The van der Waals surface area contributed by atoms with Crippen LogP contribution in [0.2, 0.25) is 0 Å². The van der Waals surface area contributed by atoms with Crippen molar-refractivity contribution in [3.05, 3.63) is 29.8 Å². The Morgan fingerprint density at radius 2 is 1.88 bits per heavy atom. The maximum atomic E-state index is 11.9. The van der Waals surface area contributed by atoms with Crippen LogP contribution in [-0.4, -0.2) is 11.9 Å². The summed E-state index contributed by atoms with van der Waals surface area (Å²) in [5.74, 6) is 0.0820. The van der Waals surface area contributed by atoms with Crippen molar-refractivity contribution in [3.8, 4) is 0 Å². The Labute approximate surface area is 103 Å². The van der Waals surface area contributed by atoms with Gasteiger partial charge in [0.1, 0.15) is 6.10 Å². The molecule has 1 aromatic rings. The van der Waals surface area contributed by atoms with Gasteiger partial charge in [0.2, 0.25) is 0 Å². The van der Waals surface area contributed by atoms with E-state index in [2.05, 4.69) is 5.48 Å². The Hall–Kier alpha value is -1.35. The highest BCUT2D eigenvalue weighted by Crippen LogP contribution is 2.19. The Bertz CT molecular complexity index is 393. The van der Waals surface area contributed by atoms with Crippen LogP contribution in [0.1, 0.15) is 33.3 Å². The zero-order valence-electron chi connectivity index (χ0n) is 11.2. The Kier molecular flexibility index (Phi) is 4.29. The van der Waals surface area contributed by atoms with Crippen LogP contribution >= 0.6 is 0 Å². The van der Waals surface area contributed by atoms with Crippen molar-refractivity contribution in [2.24, 2.45) is 5.41 Å². The summed E-state index contributed by atoms with van der Waals surface area (Å²) in [7, 11) is 0. The molecule has 1 aromatic carbocycles. The van der Waals surface area contributed by atoms with Crippen LogP contribution in [-0.2, 0) is 9.63 Å². The van der Waals surface area contributed by atoms with Crippen LogP contribution in [0.4, 0.5) is 5.69 Å². The first kappa shape index (κ1) is 13.7. The van der Waals surface area contributed by atoms with Gasteiger partial charge < -0.3 is 0 Å². The molecule has 1 atom stereocenters. The molecule has 0 aromatic heterocycles. The molecule has 3 heteroatoms. The van der Waals surface area contributed by atoms with E-state index < -0.39 is 6.10 Å². The summed E-state index contributed by atoms with van der Waals surface area (Å²) in [6.45, 7) is 9.43. The van der Waals surface area contributed by atoms with Crippen LogP contribution in [0, 0.1) is 12.3 Å². The van der Waals surface area contributed by atoms with Gasteiger partial charge in [0, 0.05) is 5.41 Å². The van der Waals surface area contributed by atoms with Crippen LogP contribution in [0.5, 0.6) is 0 Å². The van der Waals surface area contributed by atoms with Gasteiger partial charge in [0.25, 0.3) is 0 Å². The molecule has 17 heavy (non-hydrogen) atoms. The number of hydrogen-bond acceptors (Lipinski definition) is 3. The van der Waals surface area contributed by atoms with Gasteiger partial charge in [-0.1, -0.05) is 39.0 Å². The molecule has 1 rings (SSSR count). The minimum absolute atomic E-state index is 0.0820. The maximum absolute atomic E-state index is 11.9. The van der Waals surface area contributed by atoms with Crippen molar-refractivity contribution >= 4 is 11.5 Å². The van der Waals surface area contributed by atoms with E-state index in [0.717, 1.165) is 11.3 Å². The van der Waals surface area contributed by atoms with E-state index in [0.29, 0.717) is 0 Å². The molecule has 94 valence electrons. The third-order valence-electron chi connectivity index (χ3n) is 2.60. The Morgan fingerprint density at radius 3 is 2.41 bits per heavy atom. The molecule has 3 nitrogen and oxygen atoms in total. The van der Waals surface area contributed by atoms with Crippen LogP contribution in [0.3, 0.4) is 0 Å². The summed E-state index contributed by atoms with van der Waals surface area (Å²) in [5, 5.41) is 0. The van der Waals surface area contributed by atoms with Gasteiger partial charge >= 0.3 is 0 Å². The minimum atomic E-state index is -0.463. The molecule has 0 heterocycles. The van der Waals surface area contributed by atoms with E-state index in [1.807, 2.05) is 52.0 Å². The van der Waals surface area contributed by atoms with E-state index in [-0.39, 0.29) is 11.2 Å². The summed E-state index contributed by atoms with van der Waals surface area (Å²) in [4.78, 5) is 17.3. The quantitative estimate of drug-likeness (QED) is 0.813. The lowest BCUT2D eigenvalue weighted by Crippen LogP contribution is -2.33. The fraction of sp³-hybridized carbons (Fsp3) is 0.500. The van der Waals surface area contributed by atoms with Gasteiger partial charge in [-0.05, 0) is 25.5 Å². The second kappa shape index (κ2) is 5.32. The summed E-state index contributed by atoms with van der Waals surface area (Å²) < 4.78 is 0. The van der Waals surface area contributed by atoms with E-state index in [1.165, 1.54) is 0 Å². The Balaban J connectivity index is 2.58. The molecule has 0 saturated heterocycles. The topological polar surface area (TPSA) is 38.3 Å². The van der Waals surface area contributed by atoms with Gasteiger partial charge in [-0.25, -0.2) is 0 Å². The van der Waals surface area contributed by atoms with Gasteiger partial charge in [0.05, 0.1) is 5.69 Å². The molecule has 0 amide bonds. The average Bonchev–Trinajstić information content (AvgIpc) is 2.25. The largest absolute Gasteiger partial charge is 0.296 e. The van der Waals surface area contributed by atoms with E-state index >= 15 is 0 Å². The van der Waals surface area contributed by atoms with Gasteiger partial charge in [-0.3, -0.25) is 15.1 Å². The zero-order valence-corrected chi connectivity index (χ0v) is 11.2. The highest BCUT2D eigenvalue weighted by atomic mass is 16.7. The van der Waals surface area contributed by atoms with Crippen LogP contribution < -0.4 is 5.48 Å². The Morgan fingerprint density at radius 1 is 1.29 bits per heavy atom. The third kappa shape index (κ3) is 3.86. The van der Waals surface area contributed by atoms with Crippen LogP contribution in [0.25, 0.3) is 0 Å². The molecule has 0 aliphatic heterocycles. The lowest BCUT2D eigenvalue weighted by Gasteiger charge is -2.22. The van der Waals surface area contributed by atoms with E-state index in [1.54, 1.807) is 6.92 Å². The number of benzene rings is 1. The predicted octanol–water partition coefficient (Wildman–Crippen LogP) is 3.34. The van der Waals surface area contributed by atoms with E-state index in [4.69, 9.17) is 4.84 Å². The number of carbonyl (C=O) groups excluding carboxylic acids is 1. The number of anilines is 1. The third-order valence-corrected chi connectivity index (χ3v) is 2.60. The molecule has 1 unspecified atom stereocenters. The minimum Gasteiger partial charge on any atom is -0.296 e. The van der Waals surface area contributed by atoms with Gasteiger partial charge in [-0.15, -0.1) is 0 Å². The number of aryl methyl sites for hydroxylation is 1. The smallest absolute Gasteiger partial charge is 0.169 e. The highest BCUT2D eigenvalue weighted by Gasteiger charge is 2.27. The first-order valence-electron chi connectivity index (χ1n) is 5.84. The molecule has 1 N–H and O–H groups in total. The fourth-order valence-corrected chi connectivity index (χ4v) is 1.50. The van der Waals surface area contributed by atoms with Crippen molar-refractivity contribution in [3.63, 3.8) is 0 Å². The molecular formula is C14H21NO2. The predicted molar refractivity (Wildman–Crippen MR) is 69.8 cm³/mol. The first-order chi connectivity index (χ1) is 7.82. The van der Waals surface area contributed by atoms with Gasteiger partial charge in [0.15, 0.2) is 5.78 Å². The lowest BCUT2D eigenvalue weighted by molar-refractivity contribution is -0.135. The lowest BCUT2D eigenvalue weighted by atomic mass is 9.88. The number of para-hydroxylation sites is 1. The molecule has 0 aliphatic carbocycles. The molecule has 0 saturated carbocycles.